The van der Waals surface area contributed by atoms with Crippen LogP contribution in [-0.4, -0.2) is 28.6 Å². The SMILES string of the molecule is CC(C)C(CO)NC(=O)c1cnccc1Cl. The molecule has 0 aromatic carbocycles. The lowest BCUT2D eigenvalue weighted by Gasteiger charge is -2.19. The molecule has 16 heavy (non-hydrogen) atoms. The van der Waals surface area contributed by atoms with Gasteiger partial charge in [-0.25, -0.2) is 0 Å². The number of rotatable bonds is 4. The standard InChI is InChI=1S/C11H15ClN2O2/c1-7(2)10(6-15)14-11(16)8-5-13-4-3-9(8)12/h3-5,7,10,15H,6H2,1-2H3,(H,14,16). The van der Waals surface area contributed by atoms with E-state index in [2.05, 4.69) is 10.3 Å². The molecular formula is C11H15ClN2O2. The number of aliphatic hydroxyl groups is 1. The third kappa shape index (κ3) is 3.18. The normalized spacial score (nSPS) is 12.6. The molecule has 0 saturated carbocycles. The second kappa shape index (κ2) is 5.82. The van der Waals surface area contributed by atoms with Crippen LogP contribution in [0.3, 0.4) is 0 Å². The van der Waals surface area contributed by atoms with Crippen LogP contribution >= 0.6 is 11.6 Å². The Balaban J connectivity index is 2.76. The van der Waals surface area contributed by atoms with Gasteiger partial charge in [0.25, 0.3) is 5.91 Å². The van der Waals surface area contributed by atoms with E-state index in [1.165, 1.54) is 12.4 Å². The molecule has 1 heterocycles. The van der Waals surface area contributed by atoms with Crippen LogP contribution in [-0.2, 0) is 0 Å². The molecular weight excluding hydrogens is 228 g/mol. The van der Waals surface area contributed by atoms with Crippen molar-refractivity contribution in [3.63, 3.8) is 0 Å². The maximum absolute atomic E-state index is 11.8. The fraction of sp³-hybridized carbons (Fsp3) is 0.455. The van der Waals surface area contributed by atoms with Crippen molar-refractivity contribution in [2.75, 3.05) is 6.61 Å². The molecule has 0 radical (unpaired) electrons. The Hall–Kier alpha value is -1.13. The lowest BCUT2D eigenvalue weighted by molar-refractivity contribution is 0.0896. The Labute approximate surface area is 99.6 Å². The number of aromatic nitrogens is 1. The molecule has 0 spiro atoms. The summed E-state index contributed by atoms with van der Waals surface area (Å²) in [6.45, 7) is 3.75. The van der Waals surface area contributed by atoms with Gasteiger partial charge in [0, 0.05) is 12.4 Å². The molecule has 1 amide bonds. The van der Waals surface area contributed by atoms with Gasteiger partial charge in [0.2, 0.25) is 0 Å². The second-order valence-corrected chi connectivity index (χ2v) is 4.27. The van der Waals surface area contributed by atoms with E-state index in [4.69, 9.17) is 16.7 Å². The number of amides is 1. The first-order valence-electron chi connectivity index (χ1n) is 5.07. The molecule has 0 fully saturated rings. The predicted molar refractivity (Wildman–Crippen MR) is 62.4 cm³/mol. The molecule has 1 atom stereocenters. The van der Waals surface area contributed by atoms with Crippen molar-refractivity contribution in [1.82, 2.24) is 10.3 Å². The monoisotopic (exact) mass is 242 g/mol. The summed E-state index contributed by atoms with van der Waals surface area (Å²) in [5.41, 5.74) is 0.322. The average molecular weight is 243 g/mol. The first kappa shape index (κ1) is 12.9. The van der Waals surface area contributed by atoms with Crippen molar-refractivity contribution in [1.29, 1.82) is 0 Å². The van der Waals surface area contributed by atoms with Crippen LogP contribution in [0.25, 0.3) is 0 Å². The minimum Gasteiger partial charge on any atom is -0.394 e. The molecule has 0 bridgehead atoms. The first-order valence-corrected chi connectivity index (χ1v) is 5.45. The Morgan fingerprint density at radius 2 is 2.31 bits per heavy atom. The number of nitrogens with zero attached hydrogens (tertiary/aromatic N) is 1. The van der Waals surface area contributed by atoms with E-state index in [9.17, 15) is 4.79 Å². The van der Waals surface area contributed by atoms with E-state index < -0.39 is 0 Å². The number of carbonyl (C=O) groups is 1. The van der Waals surface area contributed by atoms with Crippen molar-refractivity contribution in [2.24, 2.45) is 5.92 Å². The first-order chi connectivity index (χ1) is 7.56. The molecule has 1 rings (SSSR count). The fourth-order valence-electron chi connectivity index (χ4n) is 1.21. The molecule has 0 aliphatic heterocycles. The largest absolute Gasteiger partial charge is 0.394 e. The lowest BCUT2D eigenvalue weighted by atomic mass is 10.1. The highest BCUT2D eigenvalue weighted by Gasteiger charge is 2.17. The van der Waals surface area contributed by atoms with Gasteiger partial charge in [0.15, 0.2) is 0 Å². The highest BCUT2D eigenvalue weighted by Crippen LogP contribution is 2.13. The van der Waals surface area contributed by atoms with Crippen molar-refractivity contribution in [2.45, 2.75) is 19.9 Å². The van der Waals surface area contributed by atoms with E-state index in [1.54, 1.807) is 6.07 Å². The minimum absolute atomic E-state index is 0.0959. The smallest absolute Gasteiger partial charge is 0.254 e. The van der Waals surface area contributed by atoms with Gasteiger partial charge in [-0.15, -0.1) is 0 Å². The van der Waals surface area contributed by atoms with E-state index in [1.807, 2.05) is 13.8 Å². The third-order valence-corrected chi connectivity index (χ3v) is 2.66. The topological polar surface area (TPSA) is 62.2 Å². The second-order valence-electron chi connectivity index (χ2n) is 3.86. The van der Waals surface area contributed by atoms with E-state index >= 15 is 0 Å². The number of hydrogen-bond acceptors (Lipinski definition) is 3. The molecule has 1 unspecified atom stereocenters. The number of pyridine rings is 1. The Kier molecular flexibility index (Phi) is 4.71. The predicted octanol–water partition coefficient (Wildman–Crippen LogP) is 1.48. The van der Waals surface area contributed by atoms with Gasteiger partial charge in [-0.3, -0.25) is 9.78 Å². The van der Waals surface area contributed by atoms with Gasteiger partial charge in [0.1, 0.15) is 0 Å². The molecule has 0 aliphatic rings. The van der Waals surface area contributed by atoms with E-state index in [0.717, 1.165) is 0 Å². The molecule has 5 heteroatoms. The average Bonchev–Trinajstić information content (AvgIpc) is 2.25. The van der Waals surface area contributed by atoms with Crippen LogP contribution in [0.5, 0.6) is 0 Å². The van der Waals surface area contributed by atoms with Crippen LogP contribution in [0.4, 0.5) is 0 Å². The number of carbonyl (C=O) groups excluding carboxylic acids is 1. The van der Waals surface area contributed by atoms with Gasteiger partial charge < -0.3 is 10.4 Å². The summed E-state index contributed by atoms with van der Waals surface area (Å²) in [6.07, 6.45) is 2.93. The van der Waals surface area contributed by atoms with Gasteiger partial charge in [-0.2, -0.15) is 0 Å². The van der Waals surface area contributed by atoms with Crippen LogP contribution in [0.15, 0.2) is 18.5 Å². The zero-order valence-corrected chi connectivity index (χ0v) is 10.0. The molecule has 0 saturated heterocycles. The summed E-state index contributed by atoms with van der Waals surface area (Å²) in [5.74, 6) is -0.157. The molecule has 88 valence electrons. The molecule has 1 aromatic rings. The minimum atomic E-state index is -0.314. The summed E-state index contributed by atoms with van der Waals surface area (Å²) in [4.78, 5) is 15.6. The van der Waals surface area contributed by atoms with E-state index in [-0.39, 0.29) is 24.5 Å². The van der Waals surface area contributed by atoms with Gasteiger partial charge in [0.05, 0.1) is 23.2 Å². The number of halogens is 1. The highest BCUT2D eigenvalue weighted by atomic mass is 35.5. The van der Waals surface area contributed by atoms with Crippen LogP contribution in [0, 0.1) is 5.92 Å². The summed E-state index contributed by atoms with van der Waals surface area (Å²) in [5, 5.41) is 12.2. The molecule has 4 nitrogen and oxygen atoms in total. The Morgan fingerprint density at radius 1 is 1.62 bits per heavy atom. The maximum atomic E-state index is 11.8. The number of nitrogens with one attached hydrogen (secondary N) is 1. The van der Waals surface area contributed by atoms with Crippen LogP contribution in [0.2, 0.25) is 5.02 Å². The summed E-state index contributed by atoms with van der Waals surface area (Å²) >= 11 is 5.86. The molecule has 2 N–H and O–H groups in total. The summed E-state index contributed by atoms with van der Waals surface area (Å²) < 4.78 is 0. The zero-order valence-electron chi connectivity index (χ0n) is 9.27. The molecule has 1 aromatic heterocycles. The number of hydrogen-bond donors (Lipinski definition) is 2. The highest BCUT2D eigenvalue weighted by molar-refractivity contribution is 6.33. The van der Waals surface area contributed by atoms with Gasteiger partial charge in [-0.05, 0) is 12.0 Å². The summed E-state index contributed by atoms with van der Waals surface area (Å²) in [6, 6.07) is 1.28. The van der Waals surface area contributed by atoms with E-state index in [0.29, 0.717) is 10.6 Å². The quantitative estimate of drug-likeness (QED) is 0.841. The number of aliphatic hydroxyl groups excluding tert-OH is 1. The lowest BCUT2D eigenvalue weighted by Crippen LogP contribution is -2.41. The van der Waals surface area contributed by atoms with Crippen molar-refractivity contribution in [3.8, 4) is 0 Å². The Bertz CT molecular complexity index is 369. The van der Waals surface area contributed by atoms with Gasteiger partial charge in [-0.1, -0.05) is 25.4 Å². The zero-order chi connectivity index (χ0) is 12.1. The van der Waals surface area contributed by atoms with Gasteiger partial charge >= 0.3 is 0 Å². The third-order valence-electron chi connectivity index (χ3n) is 2.33. The van der Waals surface area contributed by atoms with Crippen LogP contribution in [0.1, 0.15) is 24.2 Å². The summed E-state index contributed by atoms with van der Waals surface area (Å²) in [7, 11) is 0. The molecule has 0 aliphatic carbocycles. The van der Waals surface area contributed by atoms with Crippen molar-refractivity contribution < 1.29 is 9.90 Å². The van der Waals surface area contributed by atoms with Crippen molar-refractivity contribution >= 4 is 17.5 Å². The van der Waals surface area contributed by atoms with Crippen LogP contribution < -0.4 is 5.32 Å². The fourth-order valence-corrected chi connectivity index (χ4v) is 1.40. The Morgan fingerprint density at radius 3 is 2.81 bits per heavy atom. The maximum Gasteiger partial charge on any atom is 0.254 e. The van der Waals surface area contributed by atoms with Crippen molar-refractivity contribution in [3.05, 3.63) is 29.0 Å².